The maximum Gasteiger partial charge on any atom is 0.411 e. The Balaban J connectivity index is 2.81. The minimum atomic E-state index is -0.607. The highest BCUT2D eigenvalue weighted by atomic mass is 16.6. The number of hydrogen-bond acceptors (Lipinski definition) is 5. The van der Waals surface area contributed by atoms with E-state index < -0.39 is 23.3 Å². The summed E-state index contributed by atoms with van der Waals surface area (Å²) in [5.41, 5.74) is -1.20. The topological polar surface area (TPSA) is 76.1 Å². The molecule has 0 aromatic carbocycles. The third-order valence-corrected chi connectivity index (χ3v) is 3.72. The third kappa shape index (κ3) is 7.07. The van der Waals surface area contributed by atoms with Crippen LogP contribution in [0.3, 0.4) is 0 Å². The molecule has 0 aromatic heterocycles. The van der Waals surface area contributed by atoms with E-state index in [2.05, 4.69) is 0 Å². The van der Waals surface area contributed by atoms with E-state index in [0.29, 0.717) is 13.0 Å². The number of ether oxygens (including phenoxy) is 2. The van der Waals surface area contributed by atoms with Gasteiger partial charge in [-0.15, -0.1) is 0 Å². The van der Waals surface area contributed by atoms with E-state index >= 15 is 0 Å². The lowest BCUT2D eigenvalue weighted by Crippen LogP contribution is -2.45. The van der Waals surface area contributed by atoms with Gasteiger partial charge in [-0.25, -0.2) is 9.59 Å². The third-order valence-electron chi connectivity index (χ3n) is 3.72. The van der Waals surface area contributed by atoms with Crippen molar-refractivity contribution in [2.45, 2.75) is 84.5 Å². The number of rotatable bonds is 5. The highest BCUT2D eigenvalue weighted by Crippen LogP contribution is 2.30. The second kappa shape index (κ2) is 8.19. The van der Waals surface area contributed by atoms with Crippen LogP contribution in [-0.4, -0.2) is 52.5 Å². The number of aliphatic hydroxyl groups excluding tert-OH is 1. The highest BCUT2D eigenvalue weighted by molar-refractivity contribution is 5.82. The van der Waals surface area contributed by atoms with Crippen LogP contribution in [0, 0.1) is 5.92 Å². The molecule has 1 rings (SSSR count). The molecule has 1 fully saturated rings. The summed E-state index contributed by atoms with van der Waals surface area (Å²) < 4.78 is 10.9. The number of carbonyl (C=O) groups excluding carboxylic acids is 2. The number of aliphatic hydroxyl groups is 1. The number of esters is 1. The van der Waals surface area contributed by atoms with Crippen LogP contribution in [0.25, 0.3) is 0 Å². The van der Waals surface area contributed by atoms with Crippen molar-refractivity contribution in [2.75, 3.05) is 13.2 Å². The van der Waals surface area contributed by atoms with Crippen molar-refractivity contribution in [1.29, 1.82) is 0 Å². The number of hydrogen-bond donors (Lipinski definition) is 1. The number of likely N-dealkylation sites (tertiary alicyclic amines) is 1. The first-order valence-electron chi connectivity index (χ1n) is 8.76. The molecule has 6 heteroatoms. The molecule has 0 radical (unpaired) electrons. The lowest BCUT2D eigenvalue weighted by molar-refractivity contribution is -0.160. The summed E-state index contributed by atoms with van der Waals surface area (Å²) in [5, 5.41) is 8.92. The average Bonchev–Trinajstić information content (AvgIpc) is 2.79. The summed E-state index contributed by atoms with van der Waals surface area (Å²) in [4.78, 5) is 26.5. The molecular weight excluding hydrogens is 310 g/mol. The molecule has 2 atom stereocenters. The van der Waals surface area contributed by atoms with Crippen molar-refractivity contribution in [3.63, 3.8) is 0 Å². The van der Waals surface area contributed by atoms with Gasteiger partial charge in [0.1, 0.15) is 17.2 Å². The van der Waals surface area contributed by atoms with Gasteiger partial charge in [0.05, 0.1) is 0 Å². The van der Waals surface area contributed by atoms with Crippen LogP contribution in [0.2, 0.25) is 0 Å². The maximum absolute atomic E-state index is 12.5. The second-order valence-corrected chi connectivity index (χ2v) is 8.50. The summed E-state index contributed by atoms with van der Waals surface area (Å²) in [5.74, 6) is -0.153. The Hall–Kier alpha value is -1.30. The van der Waals surface area contributed by atoms with Gasteiger partial charge in [-0.1, -0.05) is 6.42 Å². The van der Waals surface area contributed by atoms with Crippen LogP contribution >= 0.6 is 0 Å². The van der Waals surface area contributed by atoms with E-state index in [4.69, 9.17) is 14.6 Å². The first-order chi connectivity index (χ1) is 10.9. The van der Waals surface area contributed by atoms with Crippen molar-refractivity contribution >= 4 is 12.1 Å². The smallest absolute Gasteiger partial charge is 0.411 e. The Morgan fingerprint density at radius 2 is 1.62 bits per heavy atom. The SMILES string of the molecule is CC(C)(C)OC(=O)C1CC(CCCCO)CN1C(=O)OC(C)(C)C. The number of nitrogens with zero attached hydrogens (tertiary/aromatic N) is 1. The molecule has 1 aliphatic heterocycles. The molecule has 24 heavy (non-hydrogen) atoms. The zero-order valence-electron chi connectivity index (χ0n) is 15.9. The molecule has 0 spiro atoms. The summed E-state index contributed by atoms with van der Waals surface area (Å²) in [7, 11) is 0. The lowest BCUT2D eigenvalue weighted by Gasteiger charge is -2.29. The van der Waals surface area contributed by atoms with Crippen LogP contribution in [-0.2, 0) is 14.3 Å². The first-order valence-corrected chi connectivity index (χ1v) is 8.76. The minimum absolute atomic E-state index is 0.165. The zero-order valence-corrected chi connectivity index (χ0v) is 15.9. The summed E-state index contributed by atoms with van der Waals surface area (Å²) >= 11 is 0. The van der Waals surface area contributed by atoms with Gasteiger partial charge in [0.25, 0.3) is 0 Å². The van der Waals surface area contributed by atoms with E-state index in [1.807, 2.05) is 41.5 Å². The molecule has 0 aliphatic carbocycles. The van der Waals surface area contributed by atoms with Gasteiger partial charge in [-0.05, 0) is 66.7 Å². The maximum atomic E-state index is 12.5. The average molecular weight is 343 g/mol. The quantitative estimate of drug-likeness (QED) is 0.613. The molecule has 1 aliphatic rings. The summed E-state index contributed by atoms with van der Waals surface area (Å²) in [6.07, 6.45) is 2.60. The van der Waals surface area contributed by atoms with E-state index in [1.54, 1.807) is 0 Å². The highest BCUT2D eigenvalue weighted by Gasteiger charge is 2.42. The van der Waals surface area contributed by atoms with Crippen LogP contribution in [0.4, 0.5) is 4.79 Å². The molecule has 0 aromatic rings. The van der Waals surface area contributed by atoms with Crippen molar-refractivity contribution in [3.05, 3.63) is 0 Å². The van der Waals surface area contributed by atoms with Crippen LogP contribution in [0.5, 0.6) is 0 Å². The number of unbranched alkanes of at least 4 members (excludes halogenated alkanes) is 1. The van der Waals surface area contributed by atoms with Crippen molar-refractivity contribution in [2.24, 2.45) is 5.92 Å². The standard InChI is InChI=1S/C18H33NO5/c1-17(2,3)23-15(21)14-11-13(9-7-8-10-20)12-19(14)16(22)24-18(4,5)6/h13-14,20H,7-12H2,1-6H3. The molecule has 1 saturated heterocycles. The molecule has 0 saturated carbocycles. The van der Waals surface area contributed by atoms with Gasteiger partial charge in [0, 0.05) is 13.2 Å². The van der Waals surface area contributed by atoms with E-state index in [-0.39, 0.29) is 18.5 Å². The molecule has 1 heterocycles. The van der Waals surface area contributed by atoms with Gasteiger partial charge in [-0.2, -0.15) is 0 Å². The van der Waals surface area contributed by atoms with Crippen LogP contribution < -0.4 is 0 Å². The van der Waals surface area contributed by atoms with Gasteiger partial charge in [0.2, 0.25) is 0 Å². The molecule has 0 bridgehead atoms. The van der Waals surface area contributed by atoms with Gasteiger partial charge >= 0.3 is 12.1 Å². The normalized spacial score (nSPS) is 21.7. The minimum Gasteiger partial charge on any atom is -0.458 e. The van der Waals surface area contributed by atoms with E-state index in [1.165, 1.54) is 4.90 Å². The molecule has 1 N–H and O–H groups in total. The van der Waals surface area contributed by atoms with Gasteiger partial charge in [-0.3, -0.25) is 4.90 Å². The van der Waals surface area contributed by atoms with Crippen LogP contribution in [0.15, 0.2) is 0 Å². The van der Waals surface area contributed by atoms with Gasteiger partial charge in [0.15, 0.2) is 0 Å². The number of amides is 1. The summed E-state index contributed by atoms with van der Waals surface area (Å²) in [6, 6.07) is -0.599. The predicted octanol–water partition coefficient (Wildman–Crippen LogP) is 3.12. The van der Waals surface area contributed by atoms with E-state index in [0.717, 1.165) is 19.3 Å². The second-order valence-electron chi connectivity index (χ2n) is 8.50. The number of carbonyl (C=O) groups is 2. The Bertz CT molecular complexity index is 400. The predicted molar refractivity (Wildman–Crippen MR) is 91.6 cm³/mol. The Labute approximate surface area is 145 Å². The summed E-state index contributed by atoms with van der Waals surface area (Å²) in [6.45, 7) is 11.5. The van der Waals surface area contributed by atoms with Gasteiger partial charge < -0.3 is 14.6 Å². The fraction of sp³-hybridized carbons (Fsp3) is 0.889. The first kappa shape index (κ1) is 20.7. The Kier molecular flexibility index (Phi) is 7.08. The molecule has 2 unspecified atom stereocenters. The molecule has 140 valence electrons. The fourth-order valence-electron chi connectivity index (χ4n) is 2.79. The zero-order chi connectivity index (χ0) is 18.5. The Morgan fingerprint density at radius 1 is 1.04 bits per heavy atom. The van der Waals surface area contributed by atoms with E-state index in [9.17, 15) is 9.59 Å². The molecule has 6 nitrogen and oxygen atoms in total. The van der Waals surface area contributed by atoms with Crippen LogP contribution in [0.1, 0.15) is 67.2 Å². The van der Waals surface area contributed by atoms with Crippen molar-refractivity contribution in [1.82, 2.24) is 4.90 Å². The van der Waals surface area contributed by atoms with Crippen molar-refractivity contribution in [3.8, 4) is 0 Å². The monoisotopic (exact) mass is 343 g/mol. The largest absolute Gasteiger partial charge is 0.458 e. The lowest BCUT2D eigenvalue weighted by atomic mass is 9.99. The Morgan fingerprint density at radius 3 is 2.12 bits per heavy atom. The van der Waals surface area contributed by atoms with Crippen molar-refractivity contribution < 1.29 is 24.2 Å². The molecule has 1 amide bonds. The fourth-order valence-corrected chi connectivity index (χ4v) is 2.79. The molecular formula is C18H33NO5.